The summed E-state index contributed by atoms with van der Waals surface area (Å²) < 4.78 is 10.7. The van der Waals surface area contributed by atoms with Crippen LogP contribution in [0.4, 0.5) is 0 Å². The number of nitrogens with zero attached hydrogens (tertiary/aromatic N) is 1. The highest BCUT2D eigenvalue weighted by molar-refractivity contribution is 5.72. The van der Waals surface area contributed by atoms with E-state index in [0.29, 0.717) is 12.3 Å². The van der Waals surface area contributed by atoms with Crippen molar-refractivity contribution in [2.24, 2.45) is 0 Å². The zero-order valence-electron chi connectivity index (χ0n) is 11.1. The maximum absolute atomic E-state index is 10.2. The van der Waals surface area contributed by atoms with E-state index in [0.717, 1.165) is 22.4 Å². The van der Waals surface area contributed by atoms with Crippen LogP contribution in [0.5, 0.6) is 5.75 Å². The van der Waals surface area contributed by atoms with E-state index in [-0.39, 0.29) is 0 Å². The van der Waals surface area contributed by atoms with Crippen molar-refractivity contribution in [2.75, 3.05) is 7.11 Å². The summed E-state index contributed by atoms with van der Waals surface area (Å²) in [6.45, 7) is 0. The van der Waals surface area contributed by atoms with Crippen molar-refractivity contribution in [1.82, 2.24) is 4.98 Å². The second kappa shape index (κ2) is 5.35. The molecule has 1 unspecified atom stereocenters. The summed E-state index contributed by atoms with van der Waals surface area (Å²) in [4.78, 5) is 4.36. The molecular formula is C16H15NO3. The fraction of sp³-hybridized carbons (Fsp3) is 0.188. The van der Waals surface area contributed by atoms with Crippen LogP contribution in [0.15, 0.2) is 52.9 Å². The molecule has 4 heteroatoms. The van der Waals surface area contributed by atoms with E-state index in [9.17, 15) is 5.11 Å². The van der Waals surface area contributed by atoms with Gasteiger partial charge in [0.2, 0.25) is 0 Å². The molecule has 1 aromatic heterocycles. The van der Waals surface area contributed by atoms with Crippen molar-refractivity contribution < 1.29 is 14.3 Å². The minimum absolute atomic E-state index is 0.348. The summed E-state index contributed by atoms with van der Waals surface area (Å²) in [5, 5.41) is 10.2. The average Bonchev–Trinajstić information content (AvgIpc) is 2.89. The van der Waals surface area contributed by atoms with Crippen molar-refractivity contribution in [3.8, 4) is 5.75 Å². The van der Waals surface area contributed by atoms with Gasteiger partial charge in [0.1, 0.15) is 11.3 Å². The molecule has 0 aliphatic carbocycles. The van der Waals surface area contributed by atoms with E-state index in [1.165, 1.54) is 0 Å². The highest BCUT2D eigenvalue weighted by Gasteiger charge is 2.13. The Morgan fingerprint density at radius 3 is 2.60 bits per heavy atom. The SMILES string of the molecule is COc1ccc(C(O)Cc2nc3ccccc3o2)cc1. The number of oxazole rings is 1. The van der Waals surface area contributed by atoms with Crippen LogP contribution < -0.4 is 4.74 Å². The first-order chi connectivity index (χ1) is 9.76. The Kier molecular flexibility index (Phi) is 3.39. The lowest BCUT2D eigenvalue weighted by Crippen LogP contribution is -2.01. The molecule has 0 bridgehead atoms. The standard InChI is InChI=1S/C16H15NO3/c1-19-12-8-6-11(7-9-12)14(18)10-16-17-13-4-2-3-5-15(13)20-16/h2-9,14,18H,10H2,1H3. The summed E-state index contributed by atoms with van der Waals surface area (Å²) in [5.41, 5.74) is 2.36. The Hall–Kier alpha value is -2.33. The summed E-state index contributed by atoms with van der Waals surface area (Å²) in [6.07, 6.45) is -0.296. The van der Waals surface area contributed by atoms with Crippen molar-refractivity contribution in [1.29, 1.82) is 0 Å². The molecule has 1 atom stereocenters. The van der Waals surface area contributed by atoms with Crippen molar-refractivity contribution in [2.45, 2.75) is 12.5 Å². The van der Waals surface area contributed by atoms with Gasteiger partial charge >= 0.3 is 0 Å². The van der Waals surface area contributed by atoms with Crippen LogP contribution in [0.2, 0.25) is 0 Å². The lowest BCUT2D eigenvalue weighted by molar-refractivity contribution is 0.169. The number of benzene rings is 2. The first kappa shape index (κ1) is 12.7. The van der Waals surface area contributed by atoms with Gasteiger partial charge in [-0.05, 0) is 29.8 Å². The van der Waals surface area contributed by atoms with Crippen LogP contribution in [0.3, 0.4) is 0 Å². The van der Waals surface area contributed by atoms with Crippen LogP contribution in [0, 0.1) is 0 Å². The molecule has 3 aromatic rings. The molecule has 0 aliphatic rings. The maximum Gasteiger partial charge on any atom is 0.198 e. The number of hydrogen-bond acceptors (Lipinski definition) is 4. The Labute approximate surface area is 116 Å². The molecule has 102 valence electrons. The minimum Gasteiger partial charge on any atom is -0.497 e. The molecule has 0 aliphatic heterocycles. The molecule has 0 radical (unpaired) electrons. The van der Waals surface area contributed by atoms with E-state index >= 15 is 0 Å². The topological polar surface area (TPSA) is 55.5 Å². The van der Waals surface area contributed by atoms with Crippen LogP contribution in [-0.2, 0) is 6.42 Å². The van der Waals surface area contributed by atoms with Gasteiger partial charge in [0.05, 0.1) is 19.6 Å². The smallest absolute Gasteiger partial charge is 0.198 e. The van der Waals surface area contributed by atoms with Gasteiger partial charge in [0.15, 0.2) is 11.5 Å². The third kappa shape index (κ3) is 2.51. The predicted octanol–water partition coefficient (Wildman–Crippen LogP) is 3.11. The van der Waals surface area contributed by atoms with Gasteiger partial charge in [-0.1, -0.05) is 24.3 Å². The summed E-state index contributed by atoms with van der Waals surface area (Å²) >= 11 is 0. The van der Waals surface area contributed by atoms with Crippen molar-refractivity contribution >= 4 is 11.1 Å². The molecule has 2 aromatic carbocycles. The van der Waals surface area contributed by atoms with E-state index < -0.39 is 6.10 Å². The van der Waals surface area contributed by atoms with Gasteiger partial charge in [0, 0.05) is 0 Å². The molecule has 0 amide bonds. The lowest BCUT2D eigenvalue weighted by atomic mass is 10.1. The fourth-order valence-electron chi connectivity index (χ4n) is 2.12. The average molecular weight is 269 g/mol. The van der Waals surface area contributed by atoms with Gasteiger partial charge in [-0.2, -0.15) is 0 Å². The van der Waals surface area contributed by atoms with Gasteiger partial charge < -0.3 is 14.3 Å². The van der Waals surface area contributed by atoms with Gasteiger partial charge in [0.25, 0.3) is 0 Å². The number of hydrogen-bond donors (Lipinski definition) is 1. The normalized spacial score (nSPS) is 12.5. The predicted molar refractivity (Wildman–Crippen MR) is 75.7 cm³/mol. The fourth-order valence-corrected chi connectivity index (χ4v) is 2.12. The minimum atomic E-state index is -0.644. The largest absolute Gasteiger partial charge is 0.497 e. The van der Waals surface area contributed by atoms with Gasteiger partial charge in [-0.15, -0.1) is 0 Å². The molecule has 1 N–H and O–H groups in total. The van der Waals surface area contributed by atoms with E-state index in [4.69, 9.17) is 9.15 Å². The first-order valence-corrected chi connectivity index (χ1v) is 6.43. The number of methoxy groups -OCH3 is 1. The summed E-state index contributed by atoms with van der Waals surface area (Å²) in [5.74, 6) is 1.30. The number of ether oxygens (including phenoxy) is 1. The molecule has 0 saturated carbocycles. The number of aromatic nitrogens is 1. The highest BCUT2D eigenvalue weighted by Crippen LogP contribution is 2.23. The van der Waals surface area contributed by atoms with Gasteiger partial charge in [-0.25, -0.2) is 4.98 Å². The van der Waals surface area contributed by atoms with Crippen LogP contribution in [-0.4, -0.2) is 17.2 Å². The van der Waals surface area contributed by atoms with E-state index in [2.05, 4.69) is 4.98 Å². The van der Waals surface area contributed by atoms with E-state index in [1.807, 2.05) is 48.5 Å². The molecule has 1 heterocycles. The summed E-state index contributed by atoms with van der Waals surface area (Å²) in [7, 11) is 1.61. The Bertz CT molecular complexity index is 670. The van der Waals surface area contributed by atoms with Crippen LogP contribution >= 0.6 is 0 Å². The number of aliphatic hydroxyl groups is 1. The maximum atomic E-state index is 10.2. The first-order valence-electron chi connectivity index (χ1n) is 6.43. The second-order valence-electron chi connectivity index (χ2n) is 4.57. The second-order valence-corrected chi connectivity index (χ2v) is 4.57. The quantitative estimate of drug-likeness (QED) is 0.790. The Balaban J connectivity index is 1.78. The summed E-state index contributed by atoms with van der Waals surface area (Å²) in [6, 6.07) is 14.9. The third-order valence-electron chi connectivity index (χ3n) is 3.21. The lowest BCUT2D eigenvalue weighted by Gasteiger charge is -2.09. The van der Waals surface area contributed by atoms with Crippen molar-refractivity contribution in [3.05, 3.63) is 60.0 Å². The zero-order valence-corrected chi connectivity index (χ0v) is 11.1. The van der Waals surface area contributed by atoms with Gasteiger partial charge in [-0.3, -0.25) is 0 Å². The van der Waals surface area contributed by atoms with Crippen LogP contribution in [0.25, 0.3) is 11.1 Å². The molecule has 4 nitrogen and oxygen atoms in total. The molecular weight excluding hydrogens is 254 g/mol. The molecule has 0 saturated heterocycles. The Morgan fingerprint density at radius 1 is 1.15 bits per heavy atom. The number of fused-ring (bicyclic) bond motifs is 1. The Morgan fingerprint density at radius 2 is 1.90 bits per heavy atom. The monoisotopic (exact) mass is 269 g/mol. The number of para-hydroxylation sites is 2. The molecule has 3 rings (SSSR count). The molecule has 0 fully saturated rings. The van der Waals surface area contributed by atoms with Crippen LogP contribution in [0.1, 0.15) is 17.6 Å². The number of rotatable bonds is 4. The molecule has 0 spiro atoms. The van der Waals surface area contributed by atoms with Crippen molar-refractivity contribution in [3.63, 3.8) is 0 Å². The molecule has 20 heavy (non-hydrogen) atoms. The number of aliphatic hydroxyl groups excluding tert-OH is 1. The third-order valence-corrected chi connectivity index (χ3v) is 3.21. The van der Waals surface area contributed by atoms with E-state index in [1.54, 1.807) is 7.11 Å². The highest BCUT2D eigenvalue weighted by atomic mass is 16.5. The zero-order chi connectivity index (χ0) is 13.9.